The summed E-state index contributed by atoms with van der Waals surface area (Å²) in [6.07, 6.45) is 4.86. The van der Waals surface area contributed by atoms with Crippen LogP contribution in [0.1, 0.15) is 16.7 Å². The lowest BCUT2D eigenvalue weighted by atomic mass is 10.0. The zero-order valence-corrected chi connectivity index (χ0v) is 18.7. The van der Waals surface area contributed by atoms with Crippen LogP contribution < -0.4 is 10.2 Å². The number of benzene rings is 3. The maximum Gasteiger partial charge on any atom is 0.411 e. The number of nitrogens with one attached hydrogen (secondary N) is 1. The number of carbonyl (C=O) groups excluding carboxylic acids is 2. The normalized spacial score (nSPS) is 12.3. The molecule has 0 saturated heterocycles. The fourth-order valence-corrected chi connectivity index (χ4v) is 4.25. The molecule has 0 fully saturated rings. The molecule has 2 heterocycles. The highest BCUT2D eigenvalue weighted by Crippen LogP contribution is 2.38. The first-order valence-corrected chi connectivity index (χ1v) is 11.3. The van der Waals surface area contributed by atoms with Gasteiger partial charge in [0.25, 0.3) is 5.91 Å². The van der Waals surface area contributed by atoms with Crippen molar-refractivity contribution in [2.75, 3.05) is 10.2 Å². The Morgan fingerprint density at radius 2 is 1.50 bits per heavy atom. The van der Waals surface area contributed by atoms with E-state index >= 15 is 0 Å². The molecular formula is C28H25N3O3. The summed E-state index contributed by atoms with van der Waals surface area (Å²) in [5.74, 6) is -0.0457. The van der Waals surface area contributed by atoms with Crippen LogP contribution in [0, 0.1) is 0 Å². The molecule has 0 unspecified atom stereocenters. The lowest BCUT2D eigenvalue weighted by Crippen LogP contribution is -2.30. The second-order valence-corrected chi connectivity index (χ2v) is 8.24. The second-order valence-electron chi connectivity index (χ2n) is 8.24. The van der Waals surface area contributed by atoms with Crippen LogP contribution >= 0.6 is 0 Å². The Morgan fingerprint density at radius 3 is 2.29 bits per heavy atom. The molecule has 34 heavy (non-hydrogen) atoms. The Hall–Kier alpha value is -4.32. The minimum absolute atomic E-state index is 0.0457. The van der Waals surface area contributed by atoms with Gasteiger partial charge < -0.3 is 9.30 Å². The van der Waals surface area contributed by atoms with Crippen molar-refractivity contribution in [1.29, 1.82) is 0 Å². The molecule has 0 spiro atoms. The number of carbonyl (C=O) groups is 2. The van der Waals surface area contributed by atoms with E-state index in [-0.39, 0.29) is 19.1 Å². The van der Waals surface area contributed by atoms with Crippen molar-refractivity contribution in [3.63, 3.8) is 0 Å². The smallest absolute Gasteiger partial charge is 0.411 e. The SMILES string of the molecule is O=C(Nc1ccc2c(c1)N(C(=O)Cn1cccc1)c1ccccc1CC2)OCc1ccccc1. The van der Waals surface area contributed by atoms with Gasteiger partial charge in [0.2, 0.25) is 0 Å². The maximum absolute atomic E-state index is 13.5. The van der Waals surface area contributed by atoms with Crippen molar-refractivity contribution in [3.8, 4) is 0 Å². The van der Waals surface area contributed by atoms with Crippen molar-refractivity contribution in [2.45, 2.75) is 26.0 Å². The van der Waals surface area contributed by atoms with E-state index in [0.717, 1.165) is 40.9 Å². The highest BCUT2D eigenvalue weighted by atomic mass is 16.5. The highest BCUT2D eigenvalue weighted by Gasteiger charge is 2.26. The molecule has 0 saturated carbocycles. The summed E-state index contributed by atoms with van der Waals surface area (Å²) in [4.78, 5) is 27.7. The van der Waals surface area contributed by atoms with Crippen LogP contribution in [0.3, 0.4) is 0 Å². The third kappa shape index (κ3) is 4.71. The number of aryl methyl sites for hydroxylation is 2. The van der Waals surface area contributed by atoms with Gasteiger partial charge in [-0.2, -0.15) is 0 Å². The number of para-hydroxylation sites is 1. The number of fused-ring (bicyclic) bond motifs is 2. The van der Waals surface area contributed by atoms with Crippen LogP contribution in [0.5, 0.6) is 0 Å². The van der Waals surface area contributed by atoms with Crippen molar-refractivity contribution in [2.24, 2.45) is 0 Å². The number of ether oxygens (including phenoxy) is 1. The van der Waals surface area contributed by atoms with Crippen LogP contribution in [0.25, 0.3) is 0 Å². The van der Waals surface area contributed by atoms with Gasteiger partial charge in [0.15, 0.2) is 0 Å². The minimum atomic E-state index is -0.539. The Bertz CT molecular complexity index is 1300. The largest absolute Gasteiger partial charge is 0.444 e. The summed E-state index contributed by atoms with van der Waals surface area (Å²) in [5.41, 5.74) is 5.33. The molecule has 1 aliphatic heterocycles. The first-order chi connectivity index (χ1) is 16.7. The van der Waals surface area contributed by atoms with Crippen LogP contribution in [-0.4, -0.2) is 16.6 Å². The lowest BCUT2D eigenvalue weighted by Gasteiger charge is -2.26. The summed E-state index contributed by atoms with van der Waals surface area (Å²) < 4.78 is 7.23. The molecule has 1 aliphatic rings. The molecule has 0 radical (unpaired) electrons. The van der Waals surface area contributed by atoms with Gasteiger partial charge in [-0.1, -0.05) is 54.6 Å². The molecule has 5 rings (SSSR count). The number of anilines is 3. The predicted molar refractivity (Wildman–Crippen MR) is 132 cm³/mol. The van der Waals surface area contributed by atoms with Gasteiger partial charge in [-0.3, -0.25) is 15.0 Å². The van der Waals surface area contributed by atoms with E-state index < -0.39 is 6.09 Å². The number of hydrogen-bond donors (Lipinski definition) is 1. The summed E-state index contributed by atoms with van der Waals surface area (Å²) >= 11 is 0. The molecule has 3 aromatic carbocycles. The van der Waals surface area contributed by atoms with Crippen LogP contribution in [0.4, 0.5) is 21.9 Å². The van der Waals surface area contributed by atoms with E-state index in [9.17, 15) is 9.59 Å². The number of rotatable bonds is 5. The van der Waals surface area contributed by atoms with E-state index in [0.29, 0.717) is 5.69 Å². The Labute approximate surface area is 198 Å². The average Bonchev–Trinajstić information content (AvgIpc) is 3.30. The highest BCUT2D eigenvalue weighted by molar-refractivity contribution is 6.03. The first kappa shape index (κ1) is 21.5. The first-order valence-electron chi connectivity index (χ1n) is 11.3. The lowest BCUT2D eigenvalue weighted by molar-refractivity contribution is -0.118. The molecular weight excluding hydrogens is 426 g/mol. The Kier molecular flexibility index (Phi) is 6.12. The zero-order valence-electron chi connectivity index (χ0n) is 18.7. The molecule has 170 valence electrons. The monoisotopic (exact) mass is 451 g/mol. The van der Waals surface area contributed by atoms with Crippen molar-refractivity contribution >= 4 is 29.1 Å². The topological polar surface area (TPSA) is 63.6 Å². The van der Waals surface area contributed by atoms with Crippen molar-refractivity contribution < 1.29 is 14.3 Å². The van der Waals surface area contributed by atoms with Gasteiger partial charge >= 0.3 is 6.09 Å². The Balaban J connectivity index is 1.42. The molecule has 1 N–H and O–H groups in total. The van der Waals surface area contributed by atoms with Gasteiger partial charge in [0.05, 0.1) is 11.4 Å². The van der Waals surface area contributed by atoms with Gasteiger partial charge in [0.1, 0.15) is 13.2 Å². The van der Waals surface area contributed by atoms with Crippen molar-refractivity contribution in [3.05, 3.63) is 114 Å². The number of nitrogens with zero attached hydrogens (tertiary/aromatic N) is 2. The number of hydrogen-bond acceptors (Lipinski definition) is 3. The van der Waals surface area contributed by atoms with Crippen LogP contribution in [0.15, 0.2) is 97.3 Å². The summed E-state index contributed by atoms with van der Waals surface area (Å²) in [7, 11) is 0. The average molecular weight is 452 g/mol. The molecule has 0 bridgehead atoms. The summed E-state index contributed by atoms with van der Waals surface area (Å²) in [6, 6.07) is 27.0. The molecule has 0 atom stereocenters. The van der Waals surface area contributed by atoms with Gasteiger partial charge in [0, 0.05) is 18.1 Å². The Morgan fingerprint density at radius 1 is 0.794 bits per heavy atom. The second kappa shape index (κ2) is 9.67. The molecule has 2 amide bonds. The third-order valence-electron chi connectivity index (χ3n) is 5.91. The predicted octanol–water partition coefficient (Wildman–Crippen LogP) is 5.70. The van der Waals surface area contributed by atoms with E-state index in [1.165, 1.54) is 0 Å². The molecule has 6 nitrogen and oxygen atoms in total. The molecule has 4 aromatic rings. The summed E-state index contributed by atoms with van der Waals surface area (Å²) in [6.45, 7) is 0.407. The summed E-state index contributed by atoms with van der Waals surface area (Å²) in [5, 5.41) is 2.81. The standard InChI is InChI=1S/C28H25N3O3/c32-27(19-30-16-6-7-17-30)31-25-11-5-4-10-22(25)12-13-23-14-15-24(18-26(23)31)29-28(33)34-20-21-8-2-1-3-9-21/h1-11,14-18H,12-13,19-20H2,(H,29,33). The van der Waals surface area contributed by atoms with Gasteiger partial charge in [-0.25, -0.2) is 4.79 Å². The van der Waals surface area contributed by atoms with E-state index in [2.05, 4.69) is 11.4 Å². The van der Waals surface area contributed by atoms with Gasteiger partial charge in [-0.15, -0.1) is 0 Å². The van der Waals surface area contributed by atoms with E-state index in [1.807, 2.05) is 95.8 Å². The van der Waals surface area contributed by atoms with Crippen LogP contribution in [-0.2, 0) is 35.5 Å². The number of aromatic nitrogens is 1. The zero-order chi connectivity index (χ0) is 23.3. The quantitative estimate of drug-likeness (QED) is 0.423. The molecule has 0 aliphatic carbocycles. The van der Waals surface area contributed by atoms with E-state index in [1.54, 1.807) is 4.90 Å². The van der Waals surface area contributed by atoms with Gasteiger partial charge in [-0.05, 0) is 59.9 Å². The van der Waals surface area contributed by atoms with E-state index in [4.69, 9.17) is 4.74 Å². The maximum atomic E-state index is 13.5. The van der Waals surface area contributed by atoms with Crippen molar-refractivity contribution in [1.82, 2.24) is 4.57 Å². The molecule has 1 aromatic heterocycles. The number of amides is 2. The minimum Gasteiger partial charge on any atom is -0.444 e. The molecule has 6 heteroatoms. The van der Waals surface area contributed by atoms with Crippen LogP contribution in [0.2, 0.25) is 0 Å². The third-order valence-corrected chi connectivity index (χ3v) is 5.91. The fourth-order valence-electron chi connectivity index (χ4n) is 4.25. The fraction of sp³-hybridized carbons (Fsp3) is 0.143.